The monoisotopic (exact) mass is 446 g/mol. The van der Waals surface area contributed by atoms with E-state index < -0.39 is 17.9 Å². The van der Waals surface area contributed by atoms with Crippen molar-refractivity contribution in [2.75, 3.05) is 13.7 Å². The third-order valence-corrected chi connectivity index (χ3v) is 4.89. The highest BCUT2D eigenvalue weighted by atomic mass is 16.5. The van der Waals surface area contributed by atoms with Crippen molar-refractivity contribution in [2.45, 2.75) is 73.1 Å². The number of rotatable bonds is 14. The van der Waals surface area contributed by atoms with Crippen LogP contribution in [-0.2, 0) is 23.9 Å². The molecule has 0 unspecified atom stereocenters. The van der Waals surface area contributed by atoms with Crippen LogP contribution in [0, 0.1) is 0 Å². The van der Waals surface area contributed by atoms with E-state index in [1.807, 2.05) is 13.0 Å². The predicted octanol–water partition coefficient (Wildman–Crippen LogP) is 5.86. The van der Waals surface area contributed by atoms with Gasteiger partial charge in [0.25, 0.3) is 0 Å². The Hall–Kier alpha value is -2.89. The fraction of sp³-hybridized carbons (Fsp3) is 0.500. The van der Waals surface area contributed by atoms with Crippen molar-refractivity contribution in [3.63, 3.8) is 0 Å². The third-order valence-electron chi connectivity index (χ3n) is 4.89. The molecule has 0 fully saturated rings. The van der Waals surface area contributed by atoms with Crippen molar-refractivity contribution in [3.8, 4) is 0 Å². The number of ether oxygens (including phenoxy) is 2. The zero-order valence-electron chi connectivity index (χ0n) is 20.3. The zero-order chi connectivity index (χ0) is 24.5. The molecular formula is C26H38O6. The molecule has 0 rings (SSSR count). The van der Waals surface area contributed by atoms with Crippen molar-refractivity contribution in [1.29, 1.82) is 0 Å². The molecule has 0 aliphatic heterocycles. The lowest BCUT2D eigenvalue weighted by atomic mass is 10.0. The van der Waals surface area contributed by atoms with E-state index in [1.165, 1.54) is 25.2 Å². The number of hydrogen-bond acceptors (Lipinski definition) is 5. The fourth-order valence-corrected chi connectivity index (χ4v) is 2.67. The number of methoxy groups -OCH3 is 1. The van der Waals surface area contributed by atoms with Crippen molar-refractivity contribution in [3.05, 3.63) is 58.2 Å². The van der Waals surface area contributed by atoms with Crippen LogP contribution >= 0.6 is 0 Å². The normalized spacial score (nSPS) is 13.8. The zero-order valence-corrected chi connectivity index (χ0v) is 20.3. The second-order valence-corrected chi connectivity index (χ2v) is 7.91. The van der Waals surface area contributed by atoms with Crippen LogP contribution < -0.4 is 0 Å². The summed E-state index contributed by atoms with van der Waals surface area (Å²) in [6.07, 6.45) is 14.6. The summed E-state index contributed by atoms with van der Waals surface area (Å²) in [5.41, 5.74) is 4.34. The van der Waals surface area contributed by atoms with E-state index in [0.717, 1.165) is 50.2 Å². The molecule has 0 aromatic rings. The quantitative estimate of drug-likeness (QED) is 0.204. The fourth-order valence-electron chi connectivity index (χ4n) is 2.67. The van der Waals surface area contributed by atoms with E-state index in [2.05, 4.69) is 30.7 Å². The van der Waals surface area contributed by atoms with Gasteiger partial charge in [-0.3, -0.25) is 0 Å². The summed E-state index contributed by atoms with van der Waals surface area (Å²) in [6, 6.07) is 0. The molecule has 32 heavy (non-hydrogen) atoms. The van der Waals surface area contributed by atoms with E-state index in [-0.39, 0.29) is 12.2 Å². The number of carboxylic acid groups (broad SMARTS) is 1. The largest absolute Gasteiger partial charge is 0.478 e. The Labute approximate surface area is 192 Å². The predicted molar refractivity (Wildman–Crippen MR) is 127 cm³/mol. The molecule has 6 heteroatoms. The molecule has 0 spiro atoms. The molecule has 0 amide bonds. The first kappa shape index (κ1) is 29.1. The lowest BCUT2D eigenvalue weighted by Gasteiger charge is -2.04. The summed E-state index contributed by atoms with van der Waals surface area (Å²) < 4.78 is 9.61. The van der Waals surface area contributed by atoms with Crippen LogP contribution in [0.15, 0.2) is 58.2 Å². The van der Waals surface area contributed by atoms with Gasteiger partial charge in [0, 0.05) is 17.2 Å². The molecule has 178 valence electrons. The van der Waals surface area contributed by atoms with Crippen molar-refractivity contribution < 1.29 is 29.0 Å². The van der Waals surface area contributed by atoms with Gasteiger partial charge in [0.2, 0.25) is 0 Å². The Morgan fingerprint density at radius 2 is 1.19 bits per heavy atom. The average molecular weight is 447 g/mol. The summed E-state index contributed by atoms with van der Waals surface area (Å²) in [6.45, 7) is 9.50. The van der Waals surface area contributed by atoms with E-state index in [4.69, 9.17) is 9.84 Å². The van der Waals surface area contributed by atoms with Gasteiger partial charge in [-0.2, -0.15) is 0 Å². The van der Waals surface area contributed by atoms with Gasteiger partial charge >= 0.3 is 17.9 Å². The molecule has 0 aliphatic rings. The topological polar surface area (TPSA) is 89.9 Å². The van der Waals surface area contributed by atoms with Crippen LogP contribution in [0.1, 0.15) is 73.1 Å². The molecule has 0 bridgehead atoms. The molecule has 0 heterocycles. The second-order valence-electron chi connectivity index (χ2n) is 7.91. The first-order chi connectivity index (χ1) is 15.1. The summed E-state index contributed by atoms with van der Waals surface area (Å²) in [4.78, 5) is 33.7. The van der Waals surface area contributed by atoms with Gasteiger partial charge in [-0.1, -0.05) is 34.9 Å². The molecule has 0 aromatic heterocycles. The van der Waals surface area contributed by atoms with Crippen LogP contribution in [0.2, 0.25) is 0 Å². The van der Waals surface area contributed by atoms with Gasteiger partial charge in [-0.05, 0) is 79.2 Å². The van der Waals surface area contributed by atoms with E-state index in [1.54, 1.807) is 13.0 Å². The molecule has 6 nitrogen and oxygen atoms in total. The van der Waals surface area contributed by atoms with Crippen LogP contribution in [0.3, 0.4) is 0 Å². The Morgan fingerprint density at radius 1 is 0.719 bits per heavy atom. The van der Waals surface area contributed by atoms with E-state index in [0.29, 0.717) is 5.57 Å². The molecular weight excluding hydrogens is 408 g/mol. The first-order valence-corrected chi connectivity index (χ1v) is 10.9. The Bertz CT molecular complexity index is 793. The van der Waals surface area contributed by atoms with Gasteiger partial charge in [-0.15, -0.1) is 0 Å². The Kier molecular flexibility index (Phi) is 15.2. The van der Waals surface area contributed by atoms with Crippen LogP contribution in [-0.4, -0.2) is 36.7 Å². The number of esters is 2. The van der Waals surface area contributed by atoms with E-state index in [9.17, 15) is 14.4 Å². The third kappa shape index (κ3) is 15.0. The number of aliphatic carboxylic acids is 1. The van der Waals surface area contributed by atoms with Crippen LogP contribution in [0.4, 0.5) is 0 Å². The first-order valence-electron chi connectivity index (χ1n) is 10.9. The highest BCUT2D eigenvalue weighted by molar-refractivity contribution is 5.95. The number of carboxylic acids is 1. The molecule has 1 N–H and O–H groups in total. The Morgan fingerprint density at radius 3 is 1.66 bits per heavy atom. The maximum absolute atomic E-state index is 11.8. The average Bonchev–Trinajstić information content (AvgIpc) is 2.73. The SMILES string of the molecule is COC(=O)C=C(C)C(=O)OCC=C(C)CCC=C(C)CCC=C(C)CCC=C(C)C(=O)O. The maximum Gasteiger partial charge on any atom is 0.334 e. The second kappa shape index (κ2) is 16.8. The summed E-state index contributed by atoms with van der Waals surface area (Å²) in [5, 5.41) is 8.84. The molecule has 0 aliphatic carbocycles. The molecule has 0 radical (unpaired) electrons. The summed E-state index contributed by atoms with van der Waals surface area (Å²) in [7, 11) is 1.25. The number of hydrogen-bond donors (Lipinski definition) is 1. The molecule has 0 saturated heterocycles. The van der Waals surface area contributed by atoms with Gasteiger partial charge in [0.05, 0.1) is 7.11 Å². The highest BCUT2D eigenvalue weighted by Gasteiger charge is 2.07. The molecule has 0 atom stereocenters. The summed E-state index contributed by atoms with van der Waals surface area (Å²) in [5.74, 6) is -1.98. The van der Waals surface area contributed by atoms with Crippen LogP contribution in [0.25, 0.3) is 0 Å². The van der Waals surface area contributed by atoms with Crippen LogP contribution in [0.5, 0.6) is 0 Å². The molecule has 0 saturated carbocycles. The van der Waals surface area contributed by atoms with E-state index >= 15 is 0 Å². The standard InChI is InChI=1S/C26H38O6/c1-19(10-7-11-20(2)14-9-15-22(4)25(28)29)12-8-13-21(3)16-17-32-26(30)23(5)18-24(27)31-6/h11-12,15-16,18H,7-10,13-14,17H2,1-6H3,(H,28,29). The smallest absolute Gasteiger partial charge is 0.334 e. The van der Waals surface area contributed by atoms with Gasteiger partial charge in [0.1, 0.15) is 6.61 Å². The number of carbonyl (C=O) groups excluding carboxylic acids is 2. The minimum atomic E-state index is -0.860. The minimum absolute atomic E-state index is 0.172. The van der Waals surface area contributed by atoms with Gasteiger partial charge in [-0.25, -0.2) is 14.4 Å². The lowest BCUT2D eigenvalue weighted by molar-refractivity contribution is -0.139. The number of carbonyl (C=O) groups is 3. The van der Waals surface area contributed by atoms with Crippen molar-refractivity contribution >= 4 is 17.9 Å². The van der Waals surface area contributed by atoms with Crippen molar-refractivity contribution in [2.24, 2.45) is 0 Å². The highest BCUT2D eigenvalue weighted by Crippen LogP contribution is 2.13. The molecule has 0 aromatic carbocycles. The van der Waals surface area contributed by atoms with Gasteiger partial charge in [0.15, 0.2) is 0 Å². The van der Waals surface area contributed by atoms with Crippen molar-refractivity contribution in [1.82, 2.24) is 0 Å². The van der Waals surface area contributed by atoms with Gasteiger partial charge < -0.3 is 14.6 Å². The Balaban J connectivity index is 4.24. The minimum Gasteiger partial charge on any atom is -0.478 e. The number of allylic oxidation sites excluding steroid dienone is 6. The lowest BCUT2D eigenvalue weighted by Crippen LogP contribution is -2.08. The maximum atomic E-state index is 11.8. The summed E-state index contributed by atoms with van der Waals surface area (Å²) >= 11 is 0.